The zero-order valence-corrected chi connectivity index (χ0v) is 9.17. The van der Waals surface area contributed by atoms with Crippen molar-refractivity contribution in [1.29, 1.82) is 0 Å². The lowest BCUT2D eigenvalue weighted by atomic mass is 9.89. The van der Waals surface area contributed by atoms with Crippen molar-refractivity contribution in [2.24, 2.45) is 0 Å². The summed E-state index contributed by atoms with van der Waals surface area (Å²) in [5, 5.41) is 3.64. The van der Waals surface area contributed by atoms with Gasteiger partial charge >= 0.3 is 0 Å². The van der Waals surface area contributed by atoms with Gasteiger partial charge in [-0.25, -0.2) is 0 Å². The van der Waals surface area contributed by atoms with Crippen LogP contribution in [0.15, 0.2) is 0 Å². The summed E-state index contributed by atoms with van der Waals surface area (Å²) in [6, 6.07) is 1.54. The van der Waals surface area contributed by atoms with E-state index in [9.17, 15) is 0 Å². The van der Waals surface area contributed by atoms with Crippen molar-refractivity contribution in [2.75, 3.05) is 33.4 Å². The Bertz CT molecular complexity index is 173. The molecule has 2 fully saturated rings. The average molecular weight is 198 g/mol. The van der Waals surface area contributed by atoms with Crippen molar-refractivity contribution in [3.05, 3.63) is 0 Å². The zero-order chi connectivity index (χ0) is 9.80. The van der Waals surface area contributed by atoms with E-state index in [0.29, 0.717) is 0 Å². The van der Waals surface area contributed by atoms with Gasteiger partial charge in [0.2, 0.25) is 0 Å². The summed E-state index contributed by atoms with van der Waals surface area (Å²) in [5.74, 6) is 0. The molecule has 0 aromatic heterocycles. The Balaban J connectivity index is 1.88. The number of fused-ring (bicyclic) bond motifs is 1. The molecule has 0 saturated carbocycles. The molecule has 14 heavy (non-hydrogen) atoms. The van der Waals surface area contributed by atoms with Crippen LogP contribution in [0.1, 0.15) is 25.7 Å². The quantitative estimate of drug-likeness (QED) is 0.727. The lowest BCUT2D eigenvalue weighted by molar-refractivity contribution is 0.0590. The molecule has 0 radical (unpaired) electrons. The minimum absolute atomic E-state index is 0.759. The predicted octanol–water partition coefficient (Wildman–Crippen LogP) is 0.849. The van der Waals surface area contributed by atoms with Gasteiger partial charge in [0.1, 0.15) is 0 Å². The number of hydrogen-bond donors (Lipinski definition) is 1. The highest BCUT2D eigenvalue weighted by atomic mass is 16.5. The van der Waals surface area contributed by atoms with Gasteiger partial charge in [0.25, 0.3) is 0 Å². The molecule has 0 amide bonds. The Labute approximate surface area is 86.8 Å². The number of ether oxygens (including phenoxy) is 1. The maximum Gasteiger partial charge on any atom is 0.0589 e. The minimum atomic E-state index is 0.759. The van der Waals surface area contributed by atoms with Crippen LogP contribution in [-0.2, 0) is 4.74 Å². The van der Waals surface area contributed by atoms with Crippen LogP contribution in [0.3, 0.4) is 0 Å². The fourth-order valence-corrected chi connectivity index (χ4v) is 2.83. The molecule has 2 saturated heterocycles. The molecule has 3 heteroatoms. The van der Waals surface area contributed by atoms with E-state index in [1.165, 1.54) is 38.8 Å². The molecule has 2 heterocycles. The highest BCUT2D eigenvalue weighted by molar-refractivity contribution is 4.91. The van der Waals surface area contributed by atoms with E-state index in [0.717, 1.165) is 25.2 Å². The highest BCUT2D eigenvalue weighted by Gasteiger charge is 2.32. The van der Waals surface area contributed by atoms with E-state index in [4.69, 9.17) is 4.74 Å². The maximum atomic E-state index is 5.16. The van der Waals surface area contributed by atoms with E-state index in [1.54, 1.807) is 7.11 Å². The summed E-state index contributed by atoms with van der Waals surface area (Å²) >= 11 is 0. The summed E-state index contributed by atoms with van der Waals surface area (Å²) in [5.41, 5.74) is 0. The van der Waals surface area contributed by atoms with Crippen LogP contribution >= 0.6 is 0 Å². The smallest absolute Gasteiger partial charge is 0.0589 e. The Kier molecular flexibility index (Phi) is 3.79. The zero-order valence-electron chi connectivity index (χ0n) is 9.17. The van der Waals surface area contributed by atoms with Gasteiger partial charge in [-0.15, -0.1) is 0 Å². The first-order valence-electron chi connectivity index (χ1n) is 5.88. The van der Waals surface area contributed by atoms with E-state index >= 15 is 0 Å². The molecule has 1 N–H and O–H groups in total. The summed E-state index contributed by atoms with van der Waals surface area (Å²) in [7, 11) is 1.79. The van der Waals surface area contributed by atoms with Crippen LogP contribution < -0.4 is 5.32 Å². The van der Waals surface area contributed by atoms with Crippen molar-refractivity contribution in [1.82, 2.24) is 10.2 Å². The first-order chi connectivity index (χ1) is 6.92. The minimum Gasteiger partial charge on any atom is -0.383 e. The van der Waals surface area contributed by atoms with Crippen molar-refractivity contribution < 1.29 is 4.74 Å². The molecule has 0 aromatic carbocycles. The standard InChI is InChI=1S/C11H22N2O/c1-14-9-8-13-7-3-4-10-11(13)5-2-6-12-10/h10-12H,2-9H2,1H3/t10-,11-/m0/s1. The second-order valence-electron chi connectivity index (χ2n) is 4.44. The molecule has 3 nitrogen and oxygen atoms in total. The molecule has 2 aliphatic heterocycles. The molecule has 0 aromatic rings. The third-order valence-corrected chi connectivity index (χ3v) is 3.56. The van der Waals surface area contributed by atoms with Crippen LogP contribution in [-0.4, -0.2) is 50.3 Å². The number of rotatable bonds is 3. The van der Waals surface area contributed by atoms with Gasteiger partial charge in [-0.3, -0.25) is 4.90 Å². The molecule has 0 unspecified atom stereocenters. The fraction of sp³-hybridized carbons (Fsp3) is 1.00. The molecule has 82 valence electrons. The number of nitrogens with one attached hydrogen (secondary N) is 1. The van der Waals surface area contributed by atoms with E-state index in [1.807, 2.05) is 0 Å². The van der Waals surface area contributed by atoms with Crippen LogP contribution in [0.5, 0.6) is 0 Å². The number of nitrogens with zero attached hydrogens (tertiary/aromatic N) is 1. The Morgan fingerprint density at radius 3 is 3.14 bits per heavy atom. The van der Waals surface area contributed by atoms with Gasteiger partial charge in [-0.05, 0) is 38.8 Å². The largest absolute Gasteiger partial charge is 0.383 e. The highest BCUT2D eigenvalue weighted by Crippen LogP contribution is 2.23. The van der Waals surface area contributed by atoms with Crippen LogP contribution in [0, 0.1) is 0 Å². The molecule has 0 spiro atoms. The number of piperidine rings is 2. The number of likely N-dealkylation sites (tertiary alicyclic amines) is 1. The van der Waals surface area contributed by atoms with Crippen molar-refractivity contribution >= 4 is 0 Å². The fourth-order valence-electron chi connectivity index (χ4n) is 2.83. The molecule has 2 aliphatic rings. The monoisotopic (exact) mass is 198 g/mol. The first kappa shape index (κ1) is 10.4. The maximum absolute atomic E-state index is 5.16. The van der Waals surface area contributed by atoms with Gasteiger partial charge in [-0.2, -0.15) is 0 Å². The molecule has 0 aliphatic carbocycles. The Hall–Kier alpha value is -0.120. The lowest BCUT2D eigenvalue weighted by Crippen LogP contribution is -2.57. The van der Waals surface area contributed by atoms with Crippen molar-refractivity contribution in [2.45, 2.75) is 37.8 Å². The normalized spacial score (nSPS) is 34.1. The summed E-state index contributed by atoms with van der Waals surface area (Å²) in [6.45, 7) is 4.48. The van der Waals surface area contributed by atoms with Gasteiger partial charge < -0.3 is 10.1 Å². The summed E-state index contributed by atoms with van der Waals surface area (Å²) in [6.07, 6.45) is 5.43. The van der Waals surface area contributed by atoms with Crippen LogP contribution in [0.4, 0.5) is 0 Å². The van der Waals surface area contributed by atoms with Gasteiger partial charge in [0.05, 0.1) is 6.61 Å². The topological polar surface area (TPSA) is 24.5 Å². The first-order valence-corrected chi connectivity index (χ1v) is 5.88. The summed E-state index contributed by atoms with van der Waals surface area (Å²) < 4.78 is 5.16. The third-order valence-electron chi connectivity index (χ3n) is 3.56. The SMILES string of the molecule is COCCN1CCC[C@@H]2NCCC[C@@H]21. The van der Waals surface area contributed by atoms with E-state index < -0.39 is 0 Å². The Morgan fingerprint density at radius 1 is 1.36 bits per heavy atom. The Morgan fingerprint density at radius 2 is 2.29 bits per heavy atom. The second-order valence-corrected chi connectivity index (χ2v) is 4.44. The van der Waals surface area contributed by atoms with E-state index in [-0.39, 0.29) is 0 Å². The summed E-state index contributed by atoms with van der Waals surface area (Å²) in [4.78, 5) is 2.61. The van der Waals surface area contributed by atoms with Gasteiger partial charge in [0, 0.05) is 25.7 Å². The van der Waals surface area contributed by atoms with E-state index in [2.05, 4.69) is 10.2 Å². The predicted molar refractivity (Wildman–Crippen MR) is 57.5 cm³/mol. The van der Waals surface area contributed by atoms with Gasteiger partial charge in [-0.1, -0.05) is 0 Å². The molecular formula is C11H22N2O. The van der Waals surface area contributed by atoms with Crippen molar-refractivity contribution in [3.63, 3.8) is 0 Å². The molecule has 2 rings (SSSR count). The number of hydrogen-bond acceptors (Lipinski definition) is 3. The lowest BCUT2D eigenvalue weighted by Gasteiger charge is -2.44. The van der Waals surface area contributed by atoms with Crippen LogP contribution in [0.2, 0.25) is 0 Å². The molecular weight excluding hydrogens is 176 g/mol. The van der Waals surface area contributed by atoms with Crippen molar-refractivity contribution in [3.8, 4) is 0 Å². The van der Waals surface area contributed by atoms with Crippen LogP contribution in [0.25, 0.3) is 0 Å². The average Bonchev–Trinajstić information content (AvgIpc) is 2.26. The third kappa shape index (κ3) is 2.27. The van der Waals surface area contributed by atoms with Gasteiger partial charge in [0.15, 0.2) is 0 Å². The molecule has 2 atom stereocenters. The molecule has 0 bridgehead atoms. The number of methoxy groups -OCH3 is 1. The second kappa shape index (κ2) is 5.10.